The Balaban J connectivity index is 2.38. The quantitative estimate of drug-likeness (QED) is 0.811. The fourth-order valence-electron chi connectivity index (χ4n) is 2.90. The lowest BCUT2D eigenvalue weighted by molar-refractivity contribution is -0.00397. The van der Waals surface area contributed by atoms with E-state index in [0.29, 0.717) is 11.5 Å². The monoisotopic (exact) mass is 222 g/mol. The van der Waals surface area contributed by atoms with Crippen LogP contribution in [0.15, 0.2) is 18.2 Å². The largest absolute Gasteiger partial charge is 0.385 e. The summed E-state index contributed by atoms with van der Waals surface area (Å²) in [5, 5.41) is 10.7. The maximum atomic E-state index is 13.2. The van der Waals surface area contributed by atoms with Crippen LogP contribution < -0.4 is 0 Å². The van der Waals surface area contributed by atoms with E-state index in [9.17, 15) is 9.50 Å². The number of aliphatic hydroxyl groups is 1. The first-order valence-corrected chi connectivity index (χ1v) is 6.07. The second-order valence-corrected chi connectivity index (χ2v) is 4.89. The molecule has 1 fully saturated rings. The van der Waals surface area contributed by atoms with Gasteiger partial charge in [-0.2, -0.15) is 0 Å². The third kappa shape index (κ3) is 1.75. The normalized spacial score (nSPS) is 29.6. The van der Waals surface area contributed by atoms with Gasteiger partial charge in [0.25, 0.3) is 0 Å². The smallest absolute Gasteiger partial charge is 0.126 e. The molecular weight excluding hydrogens is 203 g/mol. The van der Waals surface area contributed by atoms with Crippen LogP contribution in [-0.4, -0.2) is 5.11 Å². The van der Waals surface area contributed by atoms with Gasteiger partial charge in [0.1, 0.15) is 5.82 Å². The van der Waals surface area contributed by atoms with E-state index >= 15 is 0 Å². The van der Waals surface area contributed by atoms with E-state index < -0.39 is 5.60 Å². The van der Waals surface area contributed by atoms with Gasteiger partial charge in [-0.05, 0) is 49.3 Å². The number of hydrogen-bond acceptors (Lipinski definition) is 1. The zero-order valence-electron chi connectivity index (χ0n) is 9.96. The van der Waals surface area contributed by atoms with Gasteiger partial charge in [-0.1, -0.05) is 25.5 Å². The van der Waals surface area contributed by atoms with Crippen molar-refractivity contribution in [3.05, 3.63) is 35.1 Å². The molecule has 1 aliphatic carbocycles. The van der Waals surface area contributed by atoms with Crippen molar-refractivity contribution < 1.29 is 9.50 Å². The fraction of sp³-hybridized carbons (Fsp3) is 0.571. The van der Waals surface area contributed by atoms with Crippen LogP contribution in [0.25, 0.3) is 0 Å². The van der Waals surface area contributed by atoms with Crippen molar-refractivity contribution in [2.75, 3.05) is 0 Å². The van der Waals surface area contributed by atoms with Crippen molar-refractivity contribution in [1.82, 2.24) is 0 Å². The van der Waals surface area contributed by atoms with Crippen molar-refractivity contribution in [3.8, 4) is 0 Å². The van der Waals surface area contributed by atoms with Gasteiger partial charge in [-0.25, -0.2) is 4.39 Å². The Morgan fingerprint density at radius 3 is 2.88 bits per heavy atom. The van der Waals surface area contributed by atoms with Gasteiger partial charge in [0, 0.05) is 0 Å². The molecule has 1 saturated carbocycles. The van der Waals surface area contributed by atoms with Gasteiger partial charge in [0.15, 0.2) is 0 Å². The molecule has 0 aliphatic heterocycles. The Bertz CT molecular complexity index is 388. The van der Waals surface area contributed by atoms with Crippen molar-refractivity contribution in [3.63, 3.8) is 0 Å². The molecule has 0 radical (unpaired) electrons. The van der Waals surface area contributed by atoms with Crippen LogP contribution >= 0.6 is 0 Å². The number of aryl methyl sites for hydroxylation is 1. The number of benzene rings is 1. The van der Waals surface area contributed by atoms with E-state index in [-0.39, 0.29) is 5.82 Å². The van der Waals surface area contributed by atoms with E-state index in [4.69, 9.17) is 0 Å². The Kier molecular flexibility index (Phi) is 3.02. The Morgan fingerprint density at radius 2 is 2.25 bits per heavy atom. The highest BCUT2D eigenvalue weighted by Gasteiger charge is 2.41. The highest BCUT2D eigenvalue weighted by atomic mass is 19.1. The van der Waals surface area contributed by atoms with Crippen LogP contribution in [0.1, 0.15) is 43.7 Å². The summed E-state index contributed by atoms with van der Waals surface area (Å²) >= 11 is 0. The zero-order chi connectivity index (χ0) is 11.8. The molecular formula is C14H19FO. The number of halogens is 1. The summed E-state index contributed by atoms with van der Waals surface area (Å²) in [5.74, 6) is 0.121. The van der Waals surface area contributed by atoms with Crippen LogP contribution in [-0.2, 0) is 5.60 Å². The molecule has 0 heterocycles. The third-order valence-corrected chi connectivity index (χ3v) is 3.94. The van der Waals surface area contributed by atoms with Gasteiger partial charge >= 0.3 is 0 Å². The van der Waals surface area contributed by atoms with Crippen molar-refractivity contribution in [2.45, 2.75) is 45.1 Å². The molecule has 2 heteroatoms. The summed E-state index contributed by atoms with van der Waals surface area (Å²) in [5.41, 5.74) is 0.774. The minimum atomic E-state index is -0.729. The van der Waals surface area contributed by atoms with Gasteiger partial charge in [-0.15, -0.1) is 0 Å². The molecule has 0 amide bonds. The standard InChI is InChI=1S/C14H19FO/c1-3-11-5-4-8-14(11,16)12-6-7-13(15)10(2)9-12/h6-7,9,11,16H,3-5,8H2,1-2H3. The highest BCUT2D eigenvalue weighted by molar-refractivity contribution is 5.30. The van der Waals surface area contributed by atoms with Crippen molar-refractivity contribution in [1.29, 1.82) is 0 Å². The summed E-state index contributed by atoms with van der Waals surface area (Å²) < 4.78 is 13.2. The average Bonchev–Trinajstić information content (AvgIpc) is 2.65. The Labute approximate surface area is 96.3 Å². The molecule has 1 nitrogen and oxygen atoms in total. The van der Waals surface area contributed by atoms with E-state index in [1.54, 1.807) is 19.1 Å². The van der Waals surface area contributed by atoms with E-state index in [0.717, 1.165) is 31.2 Å². The summed E-state index contributed by atoms with van der Waals surface area (Å²) in [4.78, 5) is 0. The second kappa shape index (κ2) is 4.17. The van der Waals surface area contributed by atoms with Gasteiger partial charge < -0.3 is 5.11 Å². The summed E-state index contributed by atoms with van der Waals surface area (Å²) in [7, 11) is 0. The van der Waals surface area contributed by atoms with E-state index in [1.807, 2.05) is 0 Å². The van der Waals surface area contributed by atoms with Crippen LogP contribution in [0.4, 0.5) is 4.39 Å². The Hall–Kier alpha value is -0.890. The molecule has 2 rings (SSSR count). The average molecular weight is 222 g/mol. The molecule has 1 aromatic rings. The molecule has 0 bridgehead atoms. The first kappa shape index (κ1) is 11.6. The van der Waals surface area contributed by atoms with Gasteiger partial charge in [-0.3, -0.25) is 0 Å². The lowest BCUT2D eigenvalue weighted by Gasteiger charge is -2.30. The van der Waals surface area contributed by atoms with Crippen LogP contribution in [0.2, 0.25) is 0 Å². The minimum Gasteiger partial charge on any atom is -0.385 e. The minimum absolute atomic E-state index is 0.196. The first-order valence-electron chi connectivity index (χ1n) is 6.07. The van der Waals surface area contributed by atoms with E-state index in [1.165, 1.54) is 6.07 Å². The third-order valence-electron chi connectivity index (χ3n) is 3.94. The fourth-order valence-corrected chi connectivity index (χ4v) is 2.90. The lowest BCUT2D eigenvalue weighted by atomic mass is 9.82. The molecule has 0 aromatic heterocycles. The summed E-state index contributed by atoms with van der Waals surface area (Å²) in [6.45, 7) is 3.86. The molecule has 88 valence electrons. The lowest BCUT2D eigenvalue weighted by Crippen LogP contribution is -2.29. The Morgan fingerprint density at radius 1 is 1.50 bits per heavy atom. The van der Waals surface area contributed by atoms with Crippen molar-refractivity contribution >= 4 is 0 Å². The molecule has 1 aromatic carbocycles. The molecule has 16 heavy (non-hydrogen) atoms. The molecule has 0 saturated heterocycles. The molecule has 2 atom stereocenters. The maximum Gasteiger partial charge on any atom is 0.126 e. The second-order valence-electron chi connectivity index (χ2n) is 4.89. The zero-order valence-corrected chi connectivity index (χ0v) is 9.96. The number of hydrogen-bond donors (Lipinski definition) is 1. The summed E-state index contributed by atoms with van der Waals surface area (Å²) in [6, 6.07) is 4.99. The molecule has 0 spiro atoms. The van der Waals surface area contributed by atoms with Gasteiger partial charge in [0.05, 0.1) is 5.60 Å². The first-order chi connectivity index (χ1) is 7.58. The SMILES string of the molecule is CCC1CCCC1(O)c1ccc(F)c(C)c1. The van der Waals surface area contributed by atoms with E-state index in [2.05, 4.69) is 6.92 Å². The van der Waals surface area contributed by atoms with Crippen LogP contribution in [0, 0.1) is 18.7 Å². The maximum absolute atomic E-state index is 13.2. The highest BCUT2D eigenvalue weighted by Crippen LogP contribution is 2.45. The van der Waals surface area contributed by atoms with Crippen LogP contribution in [0.5, 0.6) is 0 Å². The van der Waals surface area contributed by atoms with Gasteiger partial charge in [0.2, 0.25) is 0 Å². The summed E-state index contributed by atoms with van der Waals surface area (Å²) in [6.07, 6.45) is 3.92. The topological polar surface area (TPSA) is 20.2 Å². The molecule has 1 aliphatic rings. The van der Waals surface area contributed by atoms with Crippen LogP contribution in [0.3, 0.4) is 0 Å². The predicted octanol–water partition coefficient (Wildman–Crippen LogP) is 3.53. The molecule has 2 unspecified atom stereocenters. The predicted molar refractivity (Wildman–Crippen MR) is 62.7 cm³/mol. The number of rotatable bonds is 2. The van der Waals surface area contributed by atoms with Crippen molar-refractivity contribution in [2.24, 2.45) is 5.92 Å². The molecule has 1 N–H and O–H groups in total.